The molecule has 1 aromatic carbocycles. The monoisotopic (exact) mass is 260 g/mol. The van der Waals surface area contributed by atoms with Crippen molar-refractivity contribution in [1.82, 2.24) is 15.1 Å². The number of carbonyl (C=O) groups is 1. The smallest absolute Gasteiger partial charge is 0.272 e. The molecule has 0 unspecified atom stereocenters. The Morgan fingerprint density at radius 3 is 2.74 bits per heavy atom. The number of nitrogens with two attached hydrogens (primary N) is 1. The molecule has 1 atom stereocenters. The number of rotatable bonds is 4. The number of benzene rings is 1. The fourth-order valence-corrected chi connectivity index (χ4v) is 1.56. The minimum absolute atomic E-state index is 0.107. The lowest BCUT2D eigenvalue weighted by Gasteiger charge is -2.08. The van der Waals surface area contributed by atoms with Gasteiger partial charge in [-0.25, -0.2) is 4.68 Å². The van der Waals surface area contributed by atoms with Crippen LogP contribution in [0.3, 0.4) is 0 Å². The first-order valence-corrected chi connectivity index (χ1v) is 5.93. The standard InChI is InChI=1S/C13H16N4O2/c1-9(8-18)15-13(19)12-6-7-17(16-12)11-4-2-10(14)3-5-11/h2-7,9,18H,8,14H2,1H3,(H,15,19)/t9-/m0/s1. The fraction of sp³-hybridized carbons (Fsp3) is 0.231. The minimum atomic E-state index is -0.309. The molecule has 1 heterocycles. The van der Waals surface area contributed by atoms with Gasteiger partial charge in [0.25, 0.3) is 5.91 Å². The molecule has 19 heavy (non-hydrogen) atoms. The average molecular weight is 260 g/mol. The van der Waals surface area contributed by atoms with Crippen LogP contribution < -0.4 is 11.1 Å². The first-order chi connectivity index (χ1) is 9.10. The van der Waals surface area contributed by atoms with Crippen molar-refractivity contribution in [2.45, 2.75) is 13.0 Å². The Bertz CT molecular complexity index is 562. The zero-order valence-electron chi connectivity index (χ0n) is 10.6. The molecular weight excluding hydrogens is 244 g/mol. The van der Waals surface area contributed by atoms with Crippen LogP contribution in [0.5, 0.6) is 0 Å². The maximum Gasteiger partial charge on any atom is 0.272 e. The summed E-state index contributed by atoms with van der Waals surface area (Å²) in [6, 6.07) is 8.50. The van der Waals surface area contributed by atoms with Gasteiger partial charge in [0.1, 0.15) is 0 Å². The molecule has 6 nitrogen and oxygen atoms in total. The van der Waals surface area contributed by atoms with E-state index in [1.165, 1.54) is 0 Å². The molecule has 0 saturated heterocycles. The maximum atomic E-state index is 11.8. The predicted molar refractivity (Wildman–Crippen MR) is 72.0 cm³/mol. The second kappa shape index (κ2) is 5.53. The first-order valence-electron chi connectivity index (χ1n) is 5.93. The van der Waals surface area contributed by atoms with Crippen LogP contribution in [0.1, 0.15) is 17.4 Å². The third-order valence-corrected chi connectivity index (χ3v) is 2.63. The van der Waals surface area contributed by atoms with E-state index in [4.69, 9.17) is 10.8 Å². The molecule has 0 bridgehead atoms. The lowest BCUT2D eigenvalue weighted by molar-refractivity contribution is 0.0917. The first kappa shape index (κ1) is 13.1. The maximum absolute atomic E-state index is 11.8. The molecule has 0 radical (unpaired) electrons. The number of hydrogen-bond donors (Lipinski definition) is 3. The summed E-state index contributed by atoms with van der Waals surface area (Å²) in [7, 11) is 0. The third kappa shape index (κ3) is 3.11. The molecule has 100 valence electrons. The molecule has 2 aromatic rings. The van der Waals surface area contributed by atoms with Gasteiger partial charge in [-0.1, -0.05) is 0 Å². The second-order valence-corrected chi connectivity index (χ2v) is 4.29. The van der Waals surface area contributed by atoms with Crippen molar-refractivity contribution < 1.29 is 9.90 Å². The lowest BCUT2D eigenvalue weighted by atomic mass is 10.3. The molecule has 0 saturated carbocycles. The van der Waals surface area contributed by atoms with Gasteiger partial charge in [0, 0.05) is 17.9 Å². The number of nitrogen functional groups attached to an aromatic ring is 1. The molecule has 4 N–H and O–H groups in total. The Morgan fingerprint density at radius 2 is 2.11 bits per heavy atom. The summed E-state index contributed by atoms with van der Waals surface area (Å²) in [6.45, 7) is 1.61. The number of carbonyl (C=O) groups excluding carboxylic acids is 1. The molecule has 1 aromatic heterocycles. The van der Waals surface area contributed by atoms with Gasteiger partial charge < -0.3 is 16.2 Å². The highest BCUT2D eigenvalue weighted by molar-refractivity contribution is 5.92. The zero-order valence-corrected chi connectivity index (χ0v) is 10.6. The van der Waals surface area contributed by atoms with Crippen LogP contribution in [0.15, 0.2) is 36.5 Å². The Morgan fingerprint density at radius 1 is 1.42 bits per heavy atom. The summed E-state index contributed by atoms with van der Waals surface area (Å²) >= 11 is 0. The number of anilines is 1. The number of aliphatic hydroxyl groups is 1. The Labute approximate surface area is 110 Å². The van der Waals surface area contributed by atoms with Gasteiger partial charge in [-0.2, -0.15) is 5.10 Å². The normalized spacial score (nSPS) is 12.1. The Hall–Kier alpha value is -2.34. The van der Waals surface area contributed by atoms with Crippen molar-refractivity contribution in [3.8, 4) is 5.69 Å². The summed E-state index contributed by atoms with van der Waals surface area (Å²) in [5.74, 6) is -0.309. The number of hydrogen-bond acceptors (Lipinski definition) is 4. The van der Waals surface area contributed by atoms with E-state index >= 15 is 0 Å². The van der Waals surface area contributed by atoms with Gasteiger partial charge in [0.05, 0.1) is 12.3 Å². The summed E-state index contributed by atoms with van der Waals surface area (Å²) in [4.78, 5) is 11.8. The highest BCUT2D eigenvalue weighted by atomic mass is 16.3. The molecule has 0 aliphatic rings. The number of aromatic nitrogens is 2. The number of aliphatic hydroxyl groups excluding tert-OH is 1. The van der Waals surface area contributed by atoms with Crippen LogP contribution in [0, 0.1) is 0 Å². The summed E-state index contributed by atoms with van der Waals surface area (Å²) in [5.41, 5.74) is 7.41. The van der Waals surface area contributed by atoms with Crippen LogP contribution in [0.4, 0.5) is 5.69 Å². The molecule has 2 rings (SSSR count). The summed E-state index contributed by atoms with van der Waals surface area (Å²) in [5, 5.41) is 15.7. The van der Waals surface area contributed by atoms with E-state index in [0.717, 1.165) is 5.69 Å². The van der Waals surface area contributed by atoms with Crippen molar-refractivity contribution in [2.24, 2.45) is 0 Å². The molecule has 1 amide bonds. The highest BCUT2D eigenvalue weighted by Crippen LogP contribution is 2.10. The van der Waals surface area contributed by atoms with Gasteiger partial charge in [-0.15, -0.1) is 0 Å². The zero-order chi connectivity index (χ0) is 13.8. The van der Waals surface area contributed by atoms with Gasteiger partial charge in [0.2, 0.25) is 0 Å². The van der Waals surface area contributed by atoms with Gasteiger partial charge in [-0.05, 0) is 37.3 Å². The van der Waals surface area contributed by atoms with Crippen LogP contribution >= 0.6 is 0 Å². The van der Waals surface area contributed by atoms with Crippen LogP contribution in [-0.2, 0) is 0 Å². The average Bonchev–Trinajstić information content (AvgIpc) is 2.89. The second-order valence-electron chi connectivity index (χ2n) is 4.29. The van der Waals surface area contributed by atoms with E-state index in [1.54, 1.807) is 36.0 Å². The fourth-order valence-electron chi connectivity index (χ4n) is 1.56. The van der Waals surface area contributed by atoms with E-state index in [-0.39, 0.29) is 18.6 Å². The molecule has 0 spiro atoms. The van der Waals surface area contributed by atoms with Crippen molar-refractivity contribution in [1.29, 1.82) is 0 Å². The number of amides is 1. The predicted octanol–water partition coefficient (Wildman–Crippen LogP) is 0.565. The van der Waals surface area contributed by atoms with Crippen molar-refractivity contribution in [3.63, 3.8) is 0 Å². The molecule has 0 aliphatic carbocycles. The highest BCUT2D eigenvalue weighted by Gasteiger charge is 2.12. The third-order valence-electron chi connectivity index (χ3n) is 2.63. The molecule has 6 heteroatoms. The molecule has 0 fully saturated rings. The Kier molecular flexibility index (Phi) is 3.82. The summed E-state index contributed by atoms with van der Waals surface area (Å²) < 4.78 is 1.60. The van der Waals surface area contributed by atoms with E-state index in [1.807, 2.05) is 12.1 Å². The van der Waals surface area contributed by atoms with Gasteiger partial charge in [0.15, 0.2) is 5.69 Å². The minimum Gasteiger partial charge on any atom is -0.399 e. The molecular formula is C13H16N4O2. The van der Waals surface area contributed by atoms with E-state index in [2.05, 4.69) is 10.4 Å². The topological polar surface area (TPSA) is 93.2 Å². The van der Waals surface area contributed by atoms with Gasteiger partial charge in [-0.3, -0.25) is 4.79 Å². The number of nitrogens with zero attached hydrogens (tertiary/aromatic N) is 2. The molecule has 0 aliphatic heterocycles. The Balaban J connectivity index is 2.15. The van der Waals surface area contributed by atoms with Crippen molar-refractivity contribution in [2.75, 3.05) is 12.3 Å². The number of nitrogens with one attached hydrogen (secondary N) is 1. The summed E-state index contributed by atoms with van der Waals surface area (Å²) in [6.07, 6.45) is 1.70. The van der Waals surface area contributed by atoms with E-state index in [9.17, 15) is 4.79 Å². The largest absolute Gasteiger partial charge is 0.399 e. The van der Waals surface area contributed by atoms with Crippen LogP contribution in [0.25, 0.3) is 5.69 Å². The van der Waals surface area contributed by atoms with E-state index in [0.29, 0.717) is 11.4 Å². The van der Waals surface area contributed by atoms with Crippen LogP contribution in [0.2, 0.25) is 0 Å². The lowest BCUT2D eigenvalue weighted by Crippen LogP contribution is -2.35. The van der Waals surface area contributed by atoms with Crippen LogP contribution in [-0.4, -0.2) is 33.4 Å². The van der Waals surface area contributed by atoms with Crippen molar-refractivity contribution in [3.05, 3.63) is 42.2 Å². The van der Waals surface area contributed by atoms with Gasteiger partial charge >= 0.3 is 0 Å². The van der Waals surface area contributed by atoms with E-state index < -0.39 is 0 Å². The quantitative estimate of drug-likeness (QED) is 0.700. The van der Waals surface area contributed by atoms with Crippen molar-refractivity contribution >= 4 is 11.6 Å². The SMILES string of the molecule is C[C@@H](CO)NC(=O)c1ccn(-c2ccc(N)cc2)n1.